The van der Waals surface area contributed by atoms with Crippen LogP contribution in [0, 0.1) is 11.3 Å². The summed E-state index contributed by atoms with van der Waals surface area (Å²) >= 11 is 0. The number of nitrogens with two attached hydrogens (primary N) is 2. The van der Waals surface area contributed by atoms with Crippen LogP contribution in [0.15, 0.2) is 77.4 Å². The molecule has 0 atom stereocenters. The van der Waals surface area contributed by atoms with Crippen LogP contribution < -0.4 is 27.2 Å². The van der Waals surface area contributed by atoms with Crippen molar-refractivity contribution in [3.05, 3.63) is 83.1 Å². The van der Waals surface area contributed by atoms with Gasteiger partial charge in [0, 0.05) is 18.6 Å². The van der Waals surface area contributed by atoms with Gasteiger partial charge in [-0.05, 0) is 56.3 Å². The van der Waals surface area contributed by atoms with E-state index in [1.54, 1.807) is 38.1 Å². The number of amides is 1. The van der Waals surface area contributed by atoms with Gasteiger partial charge in [0.15, 0.2) is 11.5 Å². The van der Waals surface area contributed by atoms with Crippen LogP contribution in [0.1, 0.15) is 13.8 Å². The van der Waals surface area contributed by atoms with Crippen molar-refractivity contribution in [1.82, 2.24) is 24.4 Å². The molecule has 0 spiro atoms. The van der Waals surface area contributed by atoms with Crippen LogP contribution >= 0.6 is 0 Å². The van der Waals surface area contributed by atoms with Gasteiger partial charge in [-0.1, -0.05) is 18.2 Å². The summed E-state index contributed by atoms with van der Waals surface area (Å²) in [6, 6.07) is 18.1. The molecule has 2 aromatic heterocycles. The summed E-state index contributed by atoms with van der Waals surface area (Å²) in [6.45, 7) is 3.51. The smallest absolute Gasteiger partial charge is 0.335 e. The van der Waals surface area contributed by atoms with E-state index in [0.717, 1.165) is 0 Å². The maximum Gasteiger partial charge on any atom is 0.335 e. The first kappa shape index (κ1) is 25.2. The summed E-state index contributed by atoms with van der Waals surface area (Å²) in [5, 5.41) is 11.9. The van der Waals surface area contributed by atoms with Gasteiger partial charge in [0.25, 0.3) is 5.91 Å². The van der Waals surface area contributed by atoms with Crippen molar-refractivity contribution >= 4 is 22.9 Å². The average molecular weight is 499 g/mol. The predicted molar refractivity (Wildman–Crippen MR) is 139 cm³/mol. The Morgan fingerprint density at radius 1 is 1.14 bits per heavy atom. The summed E-state index contributed by atoms with van der Waals surface area (Å²) in [6.07, 6.45) is 2.66. The van der Waals surface area contributed by atoms with E-state index in [2.05, 4.69) is 15.3 Å². The van der Waals surface area contributed by atoms with Crippen LogP contribution in [-0.4, -0.2) is 37.1 Å². The Balaban J connectivity index is 1.61. The monoisotopic (exact) mass is 498 g/mol. The third-order valence-corrected chi connectivity index (χ3v) is 5.31. The SMILES string of the molecule is CC(C)(N)/C=C(\C#N)C(=O)NCCn1c(=O)n(-c2ccc(Oc3ccccc3)cc2)c2c(N)ncnc21. The second-order valence-electron chi connectivity index (χ2n) is 8.86. The first-order chi connectivity index (χ1) is 17.7. The third-order valence-electron chi connectivity index (χ3n) is 5.31. The van der Waals surface area contributed by atoms with Crippen LogP contribution in [0.2, 0.25) is 0 Å². The van der Waals surface area contributed by atoms with Gasteiger partial charge in [-0.3, -0.25) is 13.9 Å². The molecule has 2 heterocycles. The van der Waals surface area contributed by atoms with Crippen LogP contribution in [0.5, 0.6) is 11.5 Å². The molecule has 4 rings (SSSR count). The van der Waals surface area contributed by atoms with Crippen LogP contribution in [0.3, 0.4) is 0 Å². The van der Waals surface area contributed by atoms with Gasteiger partial charge in [0.1, 0.15) is 35.0 Å². The fourth-order valence-electron chi connectivity index (χ4n) is 3.73. The van der Waals surface area contributed by atoms with E-state index in [4.69, 9.17) is 16.2 Å². The number of ether oxygens (including phenoxy) is 1. The molecule has 0 saturated heterocycles. The molecule has 0 radical (unpaired) electrons. The van der Waals surface area contributed by atoms with E-state index in [1.165, 1.54) is 21.5 Å². The molecule has 188 valence electrons. The minimum atomic E-state index is -0.830. The molecule has 11 heteroatoms. The Morgan fingerprint density at radius 2 is 1.81 bits per heavy atom. The molecule has 5 N–H and O–H groups in total. The van der Waals surface area contributed by atoms with Crippen molar-refractivity contribution in [2.75, 3.05) is 12.3 Å². The predicted octanol–water partition coefficient (Wildman–Crippen LogP) is 2.26. The molecule has 0 aliphatic carbocycles. The number of nitriles is 1. The Hall–Kier alpha value is -4.95. The fourth-order valence-corrected chi connectivity index (χ4v) is 3.73. The Bertz CT molecular complexity index is 1560. The molecule has 0 aliphatic rings. The van der Waals surface area contributed by atoms with Crippen molar-refractivity contribution in [3.63, 3.8) is 0 Å². The number of fused-ring (bicyclic) bond motifs is 1. The van der Waals surface area contributed by atoms with E-state index in [9.17, 15) is 14.9 Å². The number of para-hydroxylation sites is 1. The number of benzene rings is 2. The second-order valence-corrected chi connectivity index (χ2v) is 8.86. The van der Waals surface area contributed by atoms with Gasteiger partial charge in [-0.2, -0.15) is 5.26 Å². The van der Waals surface area contributed by atoms with Gasteiger partial charge in [0.05, 0.1) is 5.69 Å². The van der Waals surface area contributed by atoms with E-state index in [-0.39, 0.29) is 24.5 Å². The highest BCUT2D eigenvalue weighted by molar-refractivity contribution is 5.97. The second kappa shape index (κ2) is 10.3. The van der Waals surface area contributed by atoms with Crippen molar-refractivity contribution in [2.24, 2.45) is 5.73 Å². The number of hydrogen-bond donors (Lipinski definition) is 3. The molecule has 2 aromatic carbocycles. The first-order valence-electron chi connectivity index (χ1n) is 11.4. The summed E-state index contributed by atoms with van der Waals surface area (Å²) < 4.78 is 8.64. The van der Waals surface area contributed by atoms with E-state index >= 15 is 0 Å². The zero-order valence-corrected chi connectivity index (χ0v) is 20.4. The molecule has 0 saturated carbocycles. The average Bonchev–Trinajstić information content (AvgIpc) is 3.15. The molecule has 0 aliphatic heterocycles. The summed E-state index contributed by atoms with van der Waals surface area (Å²) in [7, 11) is 0. The van der Waals surface area contributed by atoms with Crippen molar-refractivity contribution < 1.29 is 9.53 Å². The molecule has 4 aromatic rings. The number of anilines is 1. The molecular weight excluding hydrogens is 472 g/mol. The van der Waals surface area contributed by atoms with Crippen molar-refractivity contribution in [2.45, 2.75) is 25.9 Å². The molecule has 1 amide bonds. The lowest BCUT2D eigenvalue weighted by Gasteiger charge is -2.13. The molecule has 0 bridgehead atoms. The number of aromatic nitrogens is 4. The summed E-state index contributed by atoms with van der Waals surface area (Å²) in [5.74, 6) is 0.837. The van der Waals surface area contributed by atoms with E-state index < -0.39 is 17.1 Å². The quantitative estimate of drug-likeness (QED) is 0.246. The van der Waals surface area contributed by atoms with Gasteiger partial charge in [-0.15, -0.1) is 0 Å². The van der Waals surface area contributed by atoms with Gasteiger partial charge < -0.3 is 21.5 Å². The van der Waals surface area contributed by atoms with E-state index in [1.807, 2.05) is 36.4 Å². The number of nitrogen functional groups attached to an aromatic ring is 1. The topological polar surface area (TPSA) is 167 Å². The highest BCUT2D eigenvalue weighted by atomic mass is 16.5. The lowest BCUT2D eigenvalue weighted by Crippen LogP contribution is -2.34. The van der Waals surface area contributed by atoms with Crippen LogP contribution in [0.25, 0.3) is 16.9 Å². The van der Waals surface area contributed by atoms with Crippen LogP contribution in [0.4, 0.5) is 5.82 Å². The maximum atomic E-state index is 13.4. The molecule has 0 unspecified atom stereocenters. The highest BCUT2D eigenvalue weighted by Gasteiger charge is 2.20. The number of hydrogen-bond acceptors (Lipinski definition) is 8. The van der Waals surface area contributed by atoms with Gasteiger partial charge in [-0.25, -0.2) is 14.8 Å². The molecule has 0 fully saturated rings. The Labute approximate surface area is 212 Å². The first-order valence-corrected chi connectivity index (χ1v) is 11.4. The Kier molecular flexibility index (Phi) is 7.04. The number of carbonyl (C=O) groups is 1. The molecule has 37 heavy (non-hydrogen) atoms. The highest BCUT2D eigenvalue weighted by Crippen LogP contribution is 2.24. The number of nitrogens with one attached hydrogen (secondary N) is 1. The standard InChI is InChI=1S/C26H26N8O3/c1-26(2,29)14-17(15-27)24(35)30-12-13-33-23-21(22(28)31-16-32-23)34(25(33)36)18-8-10-20(11-9-18)37-19-6-4-3-5-7-19/h3-11,14,16H,12-13,29H2,1-2H3,(H,30,35)(H2,28,31,32)/b17-14+. The minimum absolute atomic E-state index is 0.0651. The number of imidazole rings is 1. The maximum absolute atomic E-state index is 13.4. The third kappa shape index (κ3) is 5.66. The van der Waals surface area contributed by atoms with Crippen LogP contribution in [-0.2, 0) is 11.3 Å². The van der Waals surface area contributed by atoms with Gasteiger partial charge >= 0.3 is 5.69 Å². The minimum Gasteiger partial charge on any atom is -0.457 e. The zero-order chi connectivity index (χ0) is 26.6. The number of nitrogens with zero attached hydrogens (tertiary/aromatic N) is 5. The lowest BCUT2D eigenvalue weighted by molar-refractivity contribution is -0.117. The van der Waals surface area contributed by atoms with Crippen molar-refractivity contribution in [3.8, 4) is 23.3 Å². The Morgan fingerprint density at radius 3 is 2.46 bits per heavy atom. The van der Waals surface area contributed by atoms with Crippen molar-refractivity contribution in [1.29, 1.82) is 5.26 Å². The van der Waals surface area contributed by atoms with Gasteiger partial charge in [0.2, 0.25) is 0 Å². The normalized spacial score (nSPS) is 11.8. The number of carbonyl (C=O) groups excluding carboxylic acids is 1. The zero-order valence-electron chi connectivity index (χ0n) is 20.4. The largest absolute Gasteiger partial charge is 0.457 e. The fraction of sp³-hybridized carbons (Fsp3) is 0.192. The molecule has 11 nitrogen and oxygen atoms in total. The summed E-state index contributed by atoms with van der Waals surface area (Å²) in [4.78, 5) is 34.2. The number of rotatable bonds is 8. The summed E-state index contributed by atoms with van der Waals surface area (Å²) in [5.41, 5.74) is 11.9. The van der Waals surface area contributed by atoms with E-state index in [0.29, 0.717) is 28.4 Å². The lowest BCUT2D eigenvalue weighted by atomic mass is 10.0. The molecular formula is C26H26N8O3.